The predicted molar refractivity (Wildman–Crippen MR) is 59.6 cm³/mol. The minimum Gasteiger partial charge on any atom is -0.469 e. The Balaban J connectivity index is 3.13. The second-order valence-corrected chi connectivity index (χ2v) is 3.18. The van der Waals surface area contributed by atoms with Crippen LogP contribution in [0.5, 0.6) is 0 Å². The highest BCUT2D eigenvalue weighted by Crippen LogP contribution is 2.16. The Hall–Kier alpha value is -1.84. The molecule has 1 atom stereocenters. The van der Waals surface area contributed by atoms with E-state index >= 15 is 0 Å². The Labute approximate surface area is 97.4 Å². The molecule has 1 aromatic rings. The third-order valence-electron chi connectivity index (χ3n) is 1.93. The van der Waals surface area contributed by atoms with Crippen LogP contribution in [0.25, 0.3) is 0 Å². The number of hydrogen-bond acceptors (Lipinski definition) is 3. The van der Waals surface area contributed by atoms with Crippen molar-refractivity contribution in [3.05, 3.63) is 35.9 Å². The molecule has 0 aliphatic rings. The summed E-state index contributed by atoms with van der Waals surface area (Å²) in [6, 6.07) is 7.38. The number of rotatable bonds is 4. The van der Waals surface area contributed by atoms with Crippen LogP contribution in [0.4, 0.5) is 0 Å². The maximum Gasteiger partial charge on any atom is 0.307 e. The smallest absolute Gasteiger partial charge is 0.307 e. The van der Waals surface area contributed by atoms with Gasteiger partial charge in [-0.05, 0) is 5.56 Å². The molecule has 0 aliphatic heterocycles. The Bertz CT molecular complexity index is 434. The molecule has 0 aliphatic carbocycles. The highest BCUT2D eigenvalue weighted by Gasteiger charge is 2.16. The quantitative estimate of drug-likeness (QED) is 0.785. The van der Waals surface area contributed by atoms with Crippen LogP contribution in [0.1, 0.15) is 27.6 Å². The van der Waals surface area contributed by atoms with Crippen molar-refractivity contribution in [2.75, 3.05) is 7.11 Å². The zero-order valence-corrected chi connectivity index (χ0v) is 9.19. The summed E-state index contributed by atoms with van der Waals surface area (Å²) in [4.78, 5) is 22.6. The topological polar surface area (TPSA) is 55.4 Å². The maximum absolute atomic E-state index is 11.5. The molecule has 0 unspecified atom stereocenters. The number of carbonyl (C=O) groups excluding carboxylic acids is 2. The van der Waals surface area contributed by atoms with E-state index in [1.54, 1.807) is 30.3 Å². The lowest BCUT2D eigenvalue weighted by molar-refractivity contribution is -0.141. The minimum absolute atomic E-state index is 0.420. The minimum atomic E-state index is -2.33. The fourth-order valence-corrected chi connectivity index (χ4v) is 1.23. The Morgan fingerprint density at radius 3 is 2.56 bits per heavy atom. The van der Waals surface area contributed by atoms with Crippen LogP contribution < -0.4 is 5.32 Å². The SMILES string of the molecule is [2H]C([2H])(C(=O)OC)[C@H](NC(C)=O)c1ccccc1. The Morgan fingerprint density at radius 1 is 1.44 bits per heavy atom. The molecular formula is C12H15NO3. The van der Waals surface area contributed by atoms with Crippen molar-refractivity contribution < 1.29 is 17.1 Å². The van der Waals surface area contributed by atoms with Crippen molar-refractivity contribution in [1.29, 1.82) is 0 Å². The Morgan fingerprint density at radius 2 is 2.06 bits per heavy atom. The van der Waals surface area contributed by atoms with Gasteiger partial charge in [-0.1, -0.05) is 30.3 Å². The molecule has 1 aromatic carbocycles. The third kappa shape index (κ3) is 3.73. The van der Waals surface area contributed by atoms with Gasteiger partial charge in [0.05, 0.1) is 19.5 Å². The van der Waals surface area contributed by atoms with Crippen LogP contribution >= 0.6 is 0 Å². The van der Waals surface area contributed by atoms with Gasteiger partial charge in [0.1, 0.15) is 0 Å². The van der Waals surface area contributed by atoms with E-state index < -0.39 is 24.3 Å². The molecule has 1 N–H and O–H groups in total. The molecule has 1 amide bonds. The average Bonchev–Trinajstić information content (AvgIpc) is 2.35. The molecule has 0 bridgehead atoms. The van der Waals surface area contributed by atoms with E-state index in [0.29, 0.717) is 5.56 Å². The molecule has 4 heteroatoms. The van der Waals surface area contributed by atoms with E-state index in [0.717, 1.165) is 7.11 Å². The molecule has 0 aromatic heterocycles. The van der Waals surface area contributed by atoms with Gasteiger partial charge in [0.2, 0.25) is 5.91 Å². The summed E-state index contributed by atoms with van der Waals surface area (Å²) >= 11 is 0. The highest BCUT2D eigenvalue weighted by molar-refractivity contribution is 5.75. The summed E-state index contributed by atoms with van der Waals surface area (Å²) in [6.07, 6.45) is -2.33. The van der Waals surface area contributed by atoms with Crippen molar-refractivity contribution in [1.82, 2.24) is 5.32 Å². The molecule has 0 radical (unpaired) electrons. The van der Waals surface area contributed by atoms with Gasteiger partial charge in [-0.2, -0.15) is 0 Å². The summed E-state index contributed by atoms with van der Waals surface area (Å²) < 4.78 is 20.0. The van der Waals surface area contributed by atoms with E-state index in [2.05, 4.69) is 10.1 Å². The van der Waals surface area contributed by atoms with E-state index in [4.69, 9.17) is 2.74 Å². The highest BCUT2D eigenvalue weighted by atomic mass is 16.5. The second kappa shape index (κ2) is 5.90. The third-order valence-corrected chi connectivity index (χ3v) is 1.93. The zero-order valence-electron chi connectivity index (χ0n) is 11.2. The van der Waals surface area contributed by atoms with Crippen LogP contribution in [-0.2, 0) is 14.3 Å². The first kappa shape index (κ1) is 9.39. The number of ether oxygens (including phenoxy) is 1. The number of amides is 1. The first-order valence-corrected chi connectivity index (χ1v) is 4.80. The number of methoxy groups -OCH3 is 1. The van der Waals surface area contributed by atoms with Crippen LogP contribution in [-0.4, -0.2) is 19.0 Å². The molecule has 86 valence electrons. The van der Waals surface area contributed by atoms with Crippen LogP contribution in [0.15, 0.2) is 30.3 Å². The van der Waals surface area contributed by atoms with Crippen molar-refractivity contribution >= 4 is 11.9 Å². The number of hydrogen-bond donors (Lipinski definition) is 1. The zero-order chi connectivity index (χ0) is 13.8. The molecule has 0 heterocycles. The van der Waals surface area contributed by atoms with Gasteiger partial charge in [0, 0.05) is 9.67 Å². The predicted octanol–water partition coefficient (Wildman–Crippen LogP) is 1.43. The van der Waals surface area contributed by atoms with Gasteiger partial charge in [0.15, 0.2) is 0 Å². The van der Waals surface area contributed by atoms with E-state index in [-0.39, 0.29) is 0 Å². The standard InChI is InChI=1S/C12H15NO3/c1-9(14)13-11(8-12(15)16-2)10-6-4-3-5-7-10/h3-7,11H,8H2,1-2H3,(H,13,14)/t11-/m0/s1/i8D2. The monoisotopic (exact) mass is 223 g/mol. The van der Waals surface area contributed by atoms with Gasteiger partial charge in [-0.25, -0.2) is 0 Å². The number of benzene rings is 1. The number of esters is 1. The summed E-state index contributed by atoms with van der Waals surface area (Å²) in [7, 11) is 1.11. The Kier molecular flexibility index (Phi) is 3.46. The lowest BCUT2D eigenvalue weighted by atomic mass is 10.0. The molecule has 1 rings (SSSR count). The maximum atomic E-state index is 11.5. The van der Waals surface area contributed by atoms with Gasteiger partial charge in [-0.15, -0.1) is 0 Å². The summed E-state index contributed by atoms with van der Waals surface area (Å²) in [5.74, 6) is -1.44. The lowest BCUT2D eigenvalue weighted by Crippen LogP contribution is -2.28. The summed E-state index contributed by atoms with van der Waals surface area (Å²) in [5, 5.41) is 2.44. The molecule has 0 saturated carbocycles. The van der Waals surface area contributed by atoms with Crippen molar-refractivity contribution in [3.8, 4) is 0 Å². The van der Waals surface area contributed by atoms with Crippen molar-refractivity contribution in [3.63, 3.8) is 0 Å². The number of nitrogens with one attached hydrogen (secondary N) is 1. The van der Waals surface area contributed by atoms with E-state index in [1.165, 1.54) is 6.92 Å². The first-order valence-electron chi connectivity index (χ1n) is 5.80. The molecule has 0 fully saturated rings. The molecular weight excluding hydrogens is 206 g/mol. The fourth-order valence-electron chi connectivity index (χ4n) is 1.23. The summed E-state index contributed by atoms with van der Waals surface area (Å²) in [6.45, 7) is 1.27. The average molecular weight is 223 g/mol. The fraction of sp³-hybridized carbons (Fsp3) is 0.333. The largest absolute Gasteiger partial charge is 0.469 e. The normalized spacial score (nSPS) is 14.4. The second-order valence-electron chi connectivity index (χ2n) is 3.18. The summed E-state index contributed by atoms with van der Waals surface area (Å²) in [5.41, 5.74) is 0.503. The molecule has 4 nitrogen and oxygen atoms in total. The molecule has 16 heavy (non-hydrogen) atoms. The van der Waals surface area contributed by atoms with Crippen LogP contribution in [0.3, 0.4) is 0 Å². The first-order chi connectivity index (χ1) is 8.39. The van der Waals surface area contributed by atoms with Gasteiger partial charge in [0.25, 0.3) is 0 Å². The van der Waals surface area contributed by atoms with E-state index in [9.17, 15) is 9.59 Å². The van der Waals surface area contributed by atoms with Gasteiger partial charge < -0.3 is 10.1 Å². The van der Waals surface area contributed by atoms with Crippen LogP contribution in [0.2, 0.25) is 0 Å². The van der Waals surface area contributed by atoms with Gasteiger partial charge >= 0.3 is 5.97 Å². The molecule has 0 saturated heterocycles. The van der Waals surface area contributed by atoms with Crippen molar-refractivity contribution in [2.24, 2.45) is 0 Å². The van der Waals surface area contributed by atoms with Crippen molar-refractivity contribution in [2.45, 2.75) is 19.3 Å². The number of carbonyl (C=O) groups is 2. The lowest BCUT2D eigenvalue weighted by Gasteiger charge is -2.16. The van der Waals surface area contributed by atoms with Gasteiger partial charge in [-0.3, -0.25) is 9.59 Å². The van der Waals surface area contributed by atoms with E-state index in [1.807, 2.05) is 0 Å². The molecule has 0 spiro atoms. The van der Waals surface area contributed by atoms with Crippen LogP contribution in [0, 0.1) is 0 Å².